The minimum Gasteiger partial charge on any atom is -0.497 e. The summed E-state index contributed by atoms with van der Waals surface area (Å²) in [4.78, 5) is 13.6. The predicted molar refractivity (Wildman–Crippen MR) is 155 cm³/mol. The molecule has 2 aromatic carbocycles. The van der Waals surface area contributed by atoms with Gasteiger partial charge in [-0.2, -0.15) is 0 Å². The first-order valence-corrected chi connectivity index (χ1v) is 13.4. The topological polar surface area (TPSA) is 81.7 Å². The van der Waals surface area contributed by atoms with Gasteiger partial charge in [0.25, 0.3) is 0 Å². The maximum Gasteiger partial charge on any atom is 0.342 e. The summed E-state index contributed by atoms with van der Waals surface area (Å²) in [6, 6.07) is 13.1. The number of allylic oxidation sites excluding steroid dienone is 2. The van der Waals surface area contributed by atoms with Crippen molar-refractivity contribution in [2.45, 2.75) is 51.4 Å². The van der Waals surface area contributed by atoms with Crippen molar-refractivity contribution in [3.63, 3.8) is 0 Å². The van der Waals surface area contributed by atoms with Crippen molar-refractivity contribution in [1.82, 2.24) is 0 Å². The lowest BCUT2D eigenvalue weighted by Crippen LogP contribution is -2.31. The zero-order valence-electron chi connectivity index (χ0n) is 24.3. The van der Waals surface area contributed by atoms with E-state index in [2.05, 4.69) is 20.1 Å². The summed E-state index contributed by atoms with van der Waals surface area (Å²) < 4.78 is 39.2. The van der Waals surface area contributed by atoms with Crippen molar-refractivity contribution in [1.29, 1.82) is 0 Å². The van der Waals surface area contributed by atoms with Gasteiger partial charge in [-0.3, -0.25) is 0 Å². The van der Waals surface area contributed by atoms with Crippen molar-refractivity contribution in [2.24, 2.45) is 5.92 Å². The number of carbonyl (C=O) groups is 1. The Labute approximate surface area is 238 Å². The van der Waals surface area contributed by atoms with Crippen molar-refractivity contribution < 1.29 is 38.0 Å². The quantitative estimate of drug-likeness (QED) is 0.0786. The van der Waals surface area contributed by atoms with Crippen LogP contribution in [0.3, 0.4) is 0 Å². The zero-order chi connectivity index (χ0) is 29.2. The molecule has 40 heavy (non-hydrogen) atoms. The van der Waals surface area contributed by atoms with Crippen LogP contribution >= 0.6 is 0 Å². The standard InChI is InChI=1S/C32H44O8/c1-7-10-24(3)30(39-23-35-5)20-28(18-19-37-21-25-14-16-27(36-6)17-15-25)40-32(33)31-26(11-8-2)12-9-13-29(31)38-22-34-4/h7-9,12-17,24,28,30H,1-2,10-11,18-23H2,3-6H3/t24-,28-,30+/m0/s1. The highest BCUT2D eigenvalue weighted by molar-refractivity contribution is 5.94. The van der Waals surface area contributed by atoms with Crippen LogP contribution in [-0.4, -0.2) is 59.7 Å². The first-order valence-electron chi connectivity index (χ1n) is 13.4. The smallest absolute Gasteiger partial charge is 0.342 e. The molecule has 0 radical (unpaired) electrons. The number of carbonyl (C=O) groups excluding carboxylic acids is 1. The highest BCUT2D eigenvalue weighted by atomic mass is 16.7. The third kappa shape index (κ3) is 11.1. The molecule has 2 rings (SSSR count). The maximum absolute atomic E-state index is 13.6. The second-order valence-electron chi connectivity index (χ2n) is 9.40. The van der Waals surface area contributed by atoms with Crippen LogP contribution in [0.15, 0.2) is 67.8 Å². The molecule has 0 saturated carbocycles. The Morgan fingerprint density at radius 2 is 1.73 bits per heavy atom. The van der Waals surface area contributed by atoms with Crippen LogP contribution < -0.4 is 9.47 Å². The zero-order valence-corrected chi connectivity index (χ0v) is 24.3. The summed E-state index contributed by atoms with van der Waals surface area (Å²) >= 11 is 0. The molecule has 0 spiro atoms. The second kappa shape index (κ2) is 19.0. The fourth-order valence-corrected chi connectivity index (χ4v) is 4.23. The Kier molecular flexibility index (Phi) is 15.7. The summed E-state index contributed by atoms with van der Waals surface area (Å²) in [7, 11) is 4.74. The molecule has 3 atom stereocenters. The van der Waals surface area contributed by atoms with Crippen molar-refractivity contribution in [2.75, 3.05) is 41.5 Å². The number of rotatable bonds is 21. The van der Waals surface area contributed by atoms with Gasteiger partial charge in [-0.15, -0.1) is 13.2 Å². The number of esters is 1. The van der Waals surface area contributed by atoms with Gasteiger partial charge in [0, 0.05) is 27.1 Å². The minimum atomic E-state index is -0.482. The van der Waals surface area contributed by atoms with Crippen molar-refractivity contribution in [3.05, 3.63) is 84.5 Å². The highest BCUT2D eigenvalue weighted by Gasteiger charge is 2.27. The van der Waals surface area contributed by atoms with Crippen LogP contribution in [0, 0.1) is 5.92 Å². The average molecular weight is 557 g/mol. The van der Waals surface area contributed by atoms with Gasteiger partial charge < -0.3 is 33.2 Å². The maximum atomic E-state index is 13.6. The van der Waals surface area contributed by atoms with E-state index in [9.17, 15) is 4.79 Å². The van der Waals surface area contributed by atoms with E-state index in [1.165, 1.54) is 7.11 Å². The molecule has 0 saturated heterocycles. The van der Waals surface area contributed by atoms with E-state index in [1.807, 2.05) is 42.5 Å². The number of benzene rings is 2. The summed E-state index contributed by atoms with van der Waals surface area (Å²) in [5, 5.41) is 0. The second-order valence-corrected chi connectivity index (χ2v) is 9.40. The molecule has 0 N–H and O–H groups in total. The minimum absolute atomic E-state index is 0.00640. The Bertz CT molecular complexity index is 1020. The molecule has 0 bridgehead atoms. The van der Waals surface area contributed by atoms with Gasteiger partial charge in [0.2, 0.25) is 0 Å². The lowest BCUT2D eigenvalue weighted by molar-refractivity contribution is -0.104. The van der Waals surface area contributed by atoms with Crippen LogP contribution in [-0.2, 0) is 36.7 Å². The Morgan fingerprint density at radius 1 is 0.975 bits per heavy atom. The molecule has 0 aliphatic carbocycles. The van der Waals surface area contributed by atoms with Gasteiger partial charge in [0.05, 0.1) is 26.4 Å². The molecule has 0 aromatic heterocycles. The first-order chi connectivity index (χ1) is 19.5. The lowest BCUT2D eigenvalue weighted by Gasteiger charge is -2.28. The Morgan fingerprint density at radius 3 is 2.38 bits per heavy atom. The summed E-state index contributed by atoms with van der Waals surface area (Å²) in [5.41, 5.74) is 2.14. The lowest BCUT2D eigenvalue weighted by atomic mass is 9.94. The van der Waals surface area contributed by atoms with Crippen LogP contribution in [0.25, 0.3) is 0 Å². The molecule has 0 amide bonds. The van der Waals surface area contributed by atoms with Crippen molar-refractivity contribution >= 4 is 5.97 Å². The van der Waals surface area contributed by atoms with E-state index >= 15 is 0 Å². The summed E-state index contributed by atoms with van der Waals surface area (Å²) in [6.07, 6.45) is 5.08. The molecule has 8 heteroatoms. The van der Waals surface area contributed by atoms with E-state index in [0.29, 0.717) is 43.8 Å². The molecule has 0 heterocycles. The summed E-state index contributed by atoms with van der Waals surface area (Å²) in [6.45, 7) is 10.7. The van der Waals surface area contributed by atoms with Gasteiger partial charge >= 0.3 is 5.97 Å². The Balaban J connectivity index is 2.22. The molecule has 0 unspecified atom stereocenters. The van der Waals surface area contributed by atoms with Gasteiger partial charge in [-0.25, -0.2) is 4.79 Å². The van der Waals surface area contributed by atoms with E-state index in [0.717, 1.165) is 23.3 Å². The largest absolute Gasteiger partial charge is 0.497 e. The van der Waals surface area contributed by atoms with Gasteiger partial charge in [0.1, 0.15) is 30.0 Å². The van der Waals surface area contributed by atoms with Gasteiger partial charge in [0.15, 0.2) is 6.79 Å². The monoisotopic (exact) mass is 556 g/mol. The fraction of sp³-hybridized carbons (Fsp3) is 0.469. The third-order valence-electron chi connectivity index (χ3n) is 6.37. The average Bonchev–Trinajstić information content (AvgIpc) is 2.96. The molecule has 0 fully saturated rings. The van der Waals surface area contributed by atoms with Gasteiger partial charge in [-0.05, 0) is 48.1 Å². The van der Waals surface area contributed by atoms with Crippen LogP contribution in [0.1, 0.15) is 47.7 Å². The van der Waals surface area contributed by atoms with E-state index in [1.54, 1.807) is 26.4 Å². The van der Waals surface area contributed by atoms with Gasteiger partial charge in [-0.1, -0.05) is 43.3 Å². The third-order valence-corrected chi connectivity index (χ3v) is 6.37. The SMILES string of the molecule is C=CCc1cccc(OCOC)c1C(=O)O[C@@H](CCOCc1ccc(OC)cc1)C[C@@H](OCOC)[C@@H](C)CC=C. The number of ether oxygens (including phenoxy) is 7. The normalized spacial score (nSPS) is 13.2. The Hall–Kier alpha value is -3.17. The highest BCUT2D eigenvalue weighted by Crippen LogP contribution is 2.27. The van der Waals surface area contributed by atoms with Crippen LogP contribution in [0.5, 0.6) is 11.5 Å². The first kappa shape index (κ1) is 33.0. The van der Waals surface area contributed by atoms with Crippen LogP contribution in [0.2, 0.25) is 0 Å². The summed E-state index contributed by atoms with van der Waals surface area (Å²) in [5.74, 6) is 0.846. The van der Waals surface area contributed by atoms with E-state index in [-0.39, 0.29) is 25.6 Å². The molecule has 0 aliphatic heterocycles. The molecule has 2 aromatic rings. The number of methoxy groups -OCH3 is 3. The molecule has 220 valence electrons. The molecule has 0 aliphatic rings. The molecular weight excluding hydrogens is 512 g/mol. The number of hydrogen-bond donors (Lipinski definition) is 0. The molecular formula is C32H44O8. The fourth-order valence-electron chi connectivity index (χ4n) is 4.23. The van der Waals surface area contributed by atoms with Crippen molar-refractivity contribution in [3.8, 4) is 11.5 Å². The number of hydrogen-bond acceptors (Lipinski definition) is 8. The van der Waals surface area contributed by atoms with E-state index in [4.69, 9.17) is 33.2 Å². The van der Waals surface area contributed by atoms with E-state index < -0.39 is 12.1 Å². The van der Waals surface area contributed by atoms with Crippen LogP contribution in [0.4, 0.5) is 0 Å². The molecule has 8 nitrogen and oxygen atoms in total. The predicted octanol–water partition coefficient (Wildman–Crippen LogP) is 6.13.